The van der Waals surface area contributed by atoms with Crippen molar-refractivity contribution in [2.24, 2.45) is 0 Å². The lowest BCUT2D eigenvalue weighted by molar-refractivity contribution is 0.156. The summed E-state index contributed by atoms with van der Waals surface area (Å²) in [5.74, 6) is 0. The molecule has 0 aliphatic rings. The monoisotopic (exact) mass is 385 g/mol. The molecular weight excluding hydrogens is 374 g/mol. The molecule has 0 saturated heterocycles. The van der Waals surface area contributed by atoms with Crippen LogP contribution in [0.1, 0.15) is 0 Å². The highest BCUT2D eigenvalue weighted by Gasteiger charge is 2.12. The van der Waals surface area contributed by atoms with E-state index < -0.39 is 10.0 Å². The second kappa shape index (κ2) is 7.48. The zero-order valence-electron chi connectivity index (χ0n) is 9.03. The minimum atomic E-state index is -3.43. The first-order valence-electron chi connectivity index (χ1n) is 4.95. The molecule has 0 unspecified atom stereocenters. The molecule has 96 valence electrons. The van der Waals surface area contributed by atoms with E-state index in [2.05, 4.69) is 36.6 Å². The Morgan fingerprint density at radius 2 is 1.82 bits per heavy atom. The van der Waals surface area contributed by atoms with Gasteiger partial charge in [0.05, 0.1) is 18.1 Å². The predicted molar refractivity (Wildman–Crippen MR) is 73.9 cm³/mol. The van der Waals surface area contributed by atoms with Gasteiger partial charge in [0.25, 0.3) is 0 Å². The summed E-state index contributed by atoms with van der Waals surface area (Å²) in [7, 11) is -3.43. The minimum absolute atomic E-state index is 0.251. The number of rotatable bonds is 7. The summed E-state index contributed by atoms with van der Waals surface area (Å²) in [6.07, 6.45) is 0. The lowest BCUT2D eigenvalue weighted by Gasteiger charge is -2.07. The van der Waals surface area contributed by atoms with Gasteiger partial charge < -0.3 is 4.74 Å². The summed E-state index contributed by atoms with van der Waals surface area (Å²) in [5.41, 5.74) is 0. The number of halogens is 2. The van der Waals surface area contributed by atoms with Gasteiger partial charge in [-0.3, -0.25) is 0 Å². The van der Waals surface area contributed by atoms with Gasteiger partial charge in [-0.05, 0) is 24.3 Å². The van der Waals surface area contributed by atoms with Gasteiger partial charge in [-0.25, -0.2) is 13.1 Å². The van der Waals surface area contributed by atoms with Crippen LogP contribution in [0, 0.1) is 0 Å². The normalized spacial score (nSPS) is 11.6. The van der Waals surface area contributed by atoms with E-state index in [0.29, 0.717) is 13.2 Å². The van der Waals surface area contributed by atoms with Crippen molar-refractivity contribution in [3.63, 3.8) is 0 Å². The van der Waals surface area contributed by atoms with E-state index in [0.717, 1.165) is 9.80 Å². The number of alkyl halides is 1. The molecule has 4 nitrogen and oxygen atoms in total. The van der Waals surface area contributed by atoms with Crippen LogP contribution in [0.25, 0.3) is 0 Å². The summed E-state index contributed by atoms with van der Waals surface area (Å²) in [6, 6.07) is 6.48. The van der Waals surface area contributed by atoms with Crippen LogP contribution in [0.5, 0.6) is 0 Å². The van der Waals surface area contributed by atoms with Crippen molar-refractivity contribution in [3.05, 3.63) is 28.7 Å². The SMILES string of the molecule is O=S(=O)(NCCOCCBr)c1ccc(Br)cc1. The van der Waals surface area contributed by atoms with Gasteiger partial charge in [-0.1, -0.05) is 31.9 Å². The lowest BCUT2D eigenvalue weighted by Crippen LogP contribution is -2.27. The topological polar surface area (TPSA) is 55.4 Å². The molecule has 0 amide bonds. The molecule has 0 aliphatic carbocycles. The molecule has 1 rings (SSSR count). The predicted octanol–water partition coefficient (Wildman–Crippen LogP) is 2.14. The number of nitrogens with one attached hydrogen (secondary N) is 1. The van der Waals surface area contributed by atoms with Crippen molar-refractivity contribution in [1.29, 1.82) is 0 Å². The van der Waals surface area contributed by atoms with Crippen molar-refractivity contribution in [1.82, 2.24) is 4.72 Å². The Morgan fingerprint density at radius 1 is 1.18 bits per heavy atom. The molecule has 0 saturated carbocycles. The van der Waals surface area contributed by atoms with Crippen LogP contribution in [-0.2, 0) is 14.8 Å². The number of hydrogen-bond donors (Lipinski definition) is 1. The molecule has 1 aromatic rings. The Hall–Kier alpha value is 0.0500. The van der Waals surface area contributed by atoms with E-state index in [9.17, 15) is 8.42 Å². The van der Waals surface area contributed by atoms with Gasteiger partial charge in [0.15, 0.2) is 0 Å². The molecule has 0 aliphatic heterocycles. The highest BCUT2D eigenvalue weighted by atomic mass is 79.9. The number of benzene rings is 1. The van der Waals surface area contributed by atoms with Gasteiger partial charge in [0.2, 0.25) is 10.0 Å². The van der Waals surface area contributed by atoms with Crippen molar-refractivity contribution >= 4 is 41.9 Å². The standard InChI is InChI=1S/C10H13Br2NO3S/c11-5-7-16-8-6-13-17(14,15)10-3-1-9(12)2-4-10/h1-4,13H,5-8H2. The highest BCUT2D eigenvalue weighted by Crippen LogP contribution is 2.14. The van der Waals surface area contributed by atoms with Crippen molar-refractivity contribution in [2.75, 3.05) is 25.1 Å². The zero-order chi connectivity index (χ0) is 12.7. The van der Waals surface area contributed by atoms with E-state index in [1.807, 2.05) is 0 Å². The molecule has 1 N–H and O–H groups in total. The van der Waals surface area contributed by atoms with Gasteiger partial charge in [-0.2, -0.15) is 0 Å². The van der Waals surface area contributed by atoms with Crippen molar-refractivity contribution < 1.29 is 13.2 Å². The van der Waals surface area contributed by atoms with E-state index >= 15 is 0 Å². The quantitative estimate of drug-likeness (QED) is 0.577. The number of ether oxygens (including phenoxy) is 1. The number of hydrogen-bond acceptors (Lipinski definition) is 3. The molecule has 0 heterocycles. The smallest absolute Gasteiger partial charge is 0.240 e. The molecule has 7 heteroatoms. The molecule has 0 atom stereocenters. The first-order valence-corrected chi connectivity index (χ1v) is 8.35. The third kappa shape index (κ3) is 5.48. The van der Waals surface area contributed by atoms with Crippen molar-refractivity contribution in [2.45, 2.75) is 4.90 Å². The van der Waals surface area contributed by atoms with Crippen LogP contribution in [0.15, 0.2) is 33.6 Å². The molecule has 0 radical (unpaired) electrons. The van der Waals surface area contributed by atoms with Crippen LogP contribution < -0.4 is 4.72 Å². The van der Waals surface area contributed by atoms with Crippen LogP contribution in [-0.4, -0.2) is 33.5 Å². The Balaban J connectivity index is 2.48. The highest BCUT2D eigenvalue weighted by molar-refractivity contribution is 9.10. The Labute approximate surface area is 118 Å². The zero-order valence-corrected chi connectivity index (χ0v) is 13.0. The van der Waals surface area contributed by atoms with Crippen LogP contribution in [0.4, 0.5) is 0 Å². The Kier molecular flexibility index (Phi) is 6.65. The van der Waals surface area contributed by atoms with Crippen molar-refractivity contribution in [3.8, 4) is 0 Å². The summed E-state index contributed by atoms with van der Waals surface area (Å²) < 4.78 is 32.0. The summed E-state index contributed by atoms with van der Waals surface area (Å²) in [6.45, 7) is 1.20. The molecule has 1 aromatic carbocycles. The molecule has 0 aromatic heterocycles. The second-order valence-corrected chi connectivity index (χ2v) is 6.63. The largest absolute Gasteiger partial charge is 0.379 e. The van der Waals surface area contributed by atoms with E-state index in [-0.39, 0.29) is 11.4 Å². The van der Waals surface area contributed by atoms with Crippen LogP contribution >= 0.6 is 31.9 Å². The first kappa shape index (κ1) is 15.1. The average molecular weight is 387 g/mol. The molecule has 0 fully saturated rings. The van der Waals surface area contributed by atoms with E-state index in [1.165, 1.54) is 0 Å². The van der Waals surface area contributed by atoms with Crippen LogP contribution in [0.3, 0.4) is 0 Å². The lowest BCUT2D eigenvalue weighted by atomic mass is 10.4. The average Bonchev–Trinajstić information content (AvgIpc) is 2.29. The Bertz CT molecular complexity index is 433. The van der Waals surface area contributed by atoms with Gasteiger partial charge >= 0.3 is 0 Å². The maximum absolute atomic E-state index is 11.8. The third-order valence-corrected chi connectivity index (χ3v) is 4.21. The summed E-state index contributed by atoms with van der Waals surface area (Å²) >= 11 is 6.47. The van der Waals surface area contributed by atoms with Crippen LogP contribution in [0.2, 0.25) is 0 Å². The summed E-state index contributed by atoms with van der Waals surface area (Å²) in [5, 5.41) is 0.743. The fraction of sp³-hybridized carbons (Fsp3) is 0.400. The van der Waals surface area contributed by atoms with Gasteiger partial charge in [0.1, 0.15) is 0 Å². The van der Waals surface area contributed by atoms with E-state index in [1.54, 1.807) is 24.3 Å². The van der Waals surface area contributed by atoms with Gasteiger partial charge in [-0.15, -0.1) is 0 Å². The summed E-state index contributed by atoms with van der Waals surface area (Å²) in [4.78, 5) is 0.251. The third-order valence-electron chi connectivity index (χ3n) is 1.88. The molecule has 0 spiro atoms. The fourth-order valence-corrected chi connectivity index (χ4v) is 2.61. The molecular formula is C10H13Br2NO3S. The number of sulfonamides is 1. The minimum Gasteiger partial charge on any atom is -0.379 e. The van der Waals surface area contributed by atoms with E-state index in [4.69, 9.17) is 4.74 Å². The molecule has 0 bridgehead atoms. The first-order chi connectivity index (χ1) is 8.06. The maximum Gasteiger partial charge on any atom is 0.240 e. The fourth-order valence-electron chi connectivity index (χ4n) is 1.10. The van der Waals surface area contributed by atoms with Gasteiger partial charge in [0, 0.05) is 16.3 Å². The second-order valence-electron chi connectivity index (χ2n) is 3.15. The maximum atomic E-state index is 11.8. The Morgan fingerprint density at radius 3 is 2.41 bits per heavy atom. The molecule has 17 heavy (non-hydrogen) atoms.